The Morgan fingerprint density at radius 3 is 2.38 bits per heavy atom. The lowest BCUT2D eigenvalue weighted by Crippen LogP contribution is -2.38. The molecule has 1 N–H and O–H groups in total. The minimum absolute atomic E-state index is 0.354. The van der Waals surface area contributed by atoms with Gasteiger partial charge in [-0.1, -0.05) is 12.1 Å². The molecule has 0 atom stereocenters. The highest BCUT2D eigenvalue weighted by Crippen LogP contribution is 2.12. The predicted molar refractivity (Wildman–Crippen MR) is 52.9 cm³/mol. The van der Waals surface area contributed by atoms with Crippen molar-refractivity contribution in [2.24, 2.45) is 0 Å². The molecule has 1 heterocycles. The number of benzene rings is 1. The van der Waals surface area contributed by atoms with E-state index in [1.54, 1.807) is 12.1 Å². The van der Waals surface area contributed by atoms with Crippen molar-refractivity contribution >= 4 is 0 Å². The zero-order valence-electron chi connectivity index (χ0n) is 7.74. The Bertz CT molecular complexity index is 264. The molecule has 1 fully saturated rings. The largest absolute Gasteiger partial charge is 0.508 e. The SMILES string of the molecule is Oc1ccc(CCN2CCC2)cc1. The second-order valence-electron chi connectivity index (χ2n) is 3.61. The van der Waals surface area contributed by atoms with Gasteiger partial charge in [-0.15, -0.1) is 0 Å². The van der Waals surface area contributed by atoms with Gasteiger partial charge in [0.2, 0.25) is 0 Å². The van der Waals surface area contributed by atoms with Gasteiger partial charge in [-0.05, 0) is 43.6 Å². The summed E-state index contributed by atoms with van der Waals surface area (Å²) < 4.78 is 0. The average Bonchev–Trinajstić information content (AvgIpc) is 2.05. The van der Waals surface area contributed by atoms with Crippen molar-refractivity contribution in [3.8, 4) is 5.75 Å². The van der Waals surface area contributed by atoms with Crippen LogP contribution in [0.5, 0.6) is 5.75 Å². The van der Waals surface area contributed by atoms with E-state index in [1.807, 2.05) is 12.1 Å². The van der Waals surface area contributed by atoms with E-state index >= 15 is 0 Å². The van der Waals surface area contributed by atoms with Crippen LogP contribution in [0.4, 0.5) is 0 Å². The number of rotatable bonds is 3. The van der Waals surface area contributed by atoms with Gasteiger partial charge in [0.15, 0.2) is 0 Å². The molecule has 1 aliphatic heterocycles. The van der Waals surface area contributed by atoms with Gasteiger partial charge in [-0.3, -0.25) is 0 Å². The first-order valence-electron chi connectivity index (χ1n) is 4.85. The third-order valence-electron chi connectivity index (χ3n) is 2.60. The first-order valence-corrected chi connectivity index (χ1v) is 4.85. The van der Waals surface area contributed by atoms with Crippen LogP contribution in [0.25, 0.3) is 0 Å². The topological polar surface area (TPSA) is 23.5 Å². The molecule has 0 saturated carbocycles. The molecule has 0 aliphatic carbocycles. The molecule has 0 amide bonds. The van der Waals surface area contributed by atoms with Crippen LogP contribution in [-0.4, -0.2) is 29.6 Å². The normalized spacial score (nSPS) is 16.9. The average molecular weight is 177 g/mol. The van der Waals surface area contributed by atoms with Gasteiger partial charge in [0.05, 0.1) is 0 Å². The zero-order valence-corrected chi connectivity index (χ0v) is 7.74. The van der Waals surface area contributed by atoms with Crippen LogP contribution in [0, 0.1) is 0 Å². The number of nitrogens with zero attached hydrogens (tertiary/aromatic N) is 1. The number of aromatic hydroxyl groups is 1. The summed E-state index contributed by atoms with van der Waals surface area (Å²) in [6.07, 6.45) is 2.45. The van der Waals surface area contributed by atoms with Crippen molar-refractivity contribution < 1.29 is 5.11 Å². The zero-order chi connectivity index (χ0) is 9.10. The minimum atomic E-state index is 0.354. The first-order chi connectivity index (χ1) is 6.34. The molecule has 2 heteroatoms. The van der Waals surface area contributed by atoms with Crippen LogP contribution in [0.3, 0.4) is 0 Å². The smallest absolute Gasteiger partial charge is 0.115 e. The Morgan fingerprint density at radius 2 is 1.85 bits per heavy atom. The van der Waals surface area contributed by atoms with Crippen molar-refractivity contribution in [2.45, 2.75) is 12.8 Å². The van der Waals surface area contributed by atoms with E-state index < -0.39 is 0 Å². The molecule has 2 nitrogen and oxygen atoms in total. The van der Waals surface area contributed by atoms with Crippen LogP contribution < -0.4 is 0 Å². The van der Waals surface area contributed by atoms with Gasteiger partial charge in [0.25, 0.3) is 0 Å². The molecule has 0 radical (unpaired) electrons. The molecule has 0 bridgehead atoms. The Kier molecular flexibility index (Phi) is 2.50. The maximum atomic E-state index is 9.08. The fraction of sp³-hybridized carbons (Fsp3) is 0.455. The quantitative estimate of drug-likeness (QED) is 0.758. The Morgan fingerprint density at radius 1 is 1.15 bits per heavy atom. The second kappa shape index (κ2) is 3.79. The van der Waals surface area contributed by atoms with Gasteiger partial charge < -0.3 is 10.0 Å². The maximum Gasteiger partial charge on any atom is 0.115 e. The fourth-order valence-corrected chi connectivity index (χ4v) is 1.56. The second-order valence-corrected chi connectivity index (χ2v) is 3.61. The molecule has 70 valence electrons. The van der Waals surface area contributed by atoms with Gasteiger partial charge in [0, 0.05) is 6.54 Å². The number of hydrogen-bond acceptors (Lipinski definition) is 2. The lowest BCUT2D eigenvalue weighted by Gasteiger charge is -2.30. The van der Waals surface area contributed by atoms with Crippen LogP contribution in [0.2, 0.25) is 0 Å². The summed E-state index contributed by atoms with van der Waals surface area (Å²) in [4.78, 5) is 2.45. The molecule has 0 unspecified atom stereocenters. The van der Waals surface area contributed by atoms with E-state index in [0.29, 0.717) is 5.75 Å². The van der Waals surface area contributed by atoms with Crippen molar-refractivity contribution in [3.63, 3.8) is 0 Å². The van der Waals surface area contributed by atoms with Gasteiger partial charge in [-0.25, -0.2) is 0 Å². The highest BCUT2D eigenvalue weighted by molar-refractivity contribution is 5.25. The van der Waals surface area contributed by atoms with Gasteiger partial charge in [-0.2, -0.15) is 0 Å². The van der Waals surface area contributed by atoms with Gasteiger partial charge in [0.1, 0.15) is 5.75 Å². The van der Waals surface area contributed by atoms with Crippen LogP contribution in [0.1, 0.15) is 12.0 Å². The fourth-order valence-electron chi connectivity index (χ4n) is 1.56. The number of phenols is 1. The third kappa shape index (κ3) is 2.22. The van der Waals surface area contributed by atoms with Crippen molar-refractivity contribution in [1.82, 2.24) is 4.90 Å². The monoisotopic (exact) mass is 177 g/mol. The molecule has 2 rings (SSSR count). The molecular weight excluding hydrogens is 162 g/mol. The molecule has 0 spiro atoms. The van der Waals surface area contributed by atoms with Crippen LogP contribution in [-0.2, 0) is 6.42 Å². The van der Waals surface area contributed by atoms with Crippen LogP contribution in [0.15, 0.2) is 24.3 Å². The highest BCUT2D eigenvalue weighted by Gasteiger charge is 2.12. The summed E-state index contributed by atoms with van der Waals surface area (Å²) in [5, 5.41) is 9.08. The van der Waals surface area contributed by atoms with Crippen molar-refractivity contribution in [3.05, 3.63) is 29.8 Å². The maximum absolute atomic E-state index is 9.08. The molecule has 0 aromatic heterocycles. The number of likely N-dealkylation sites (tertiary alicyclic amines) is 1. The summed E-state index contributed by atoms with van der Waals surface area (Å²) >= 11 is 0. The Balaban J connectivity index is 1.83. The number of hydrogen-bond donors (Lipinski definition) is 1. The highest BCUT2D eigenvalue weighted by atomic mass is 16.3. The molecule has 1 aliphatic rings. The Labute approximate surface area is 78.8 Å². The summed E-state index contributed by atoms with van der Waals surface area (Å²) in [6, 6.07) is 7.50. The molecule has 13 heavy (non-hydrogen) atoms. The minimum Gasteiger partial charge on any atom is -0.508 e. The van der Waals surface area contributed by atoms with E-state index in [0.717, 1.165) is 13.0 Å². The predicted octanol–water partition coefficient (Wildman–Crippen LogP) is 1.64. The third-order valence-corrected chi connectivity index (χ3v) is 2.60. The molecule has 1 aromatic rings. The standard InChI is InChI=1S/C11H15NO/c13-11-4-2-10(3-5-11)6-9-12-7-1-8-12/h2-5,13H,1,6-9H2. The van der Waals surface area contributed by atoms with Crippen molar-refractivity contribution in [1.29, 1.82) is 0 Å². The van der Waals surface area contributed by atoms with E-state index in [2.05, 4.69) is 4.90 Å². The molecule has 1 aromatic carbocycles. The summed E-state index contributed by atoms with van der Waals surface area (Å²) in [5.74, 6) is 0.354. The van der Waals surface area contributed by atoms with E-state index in [4.69, 9.17) is 5.11 Å². The van der Waals surface area contributed by atoms with Crippen LogP contribution >= 0.6 is 0 Å². The van der Waals surface area contributed by atoms with Crippen molar-refractivity contribution in [2.75, 3.05) is 19.6 Å². The first kappa shape index (κ1) is 8.57. The summed E-state index contributed by atoms with van der Waals surface area (Å²) in [7, 11) is 0. The summed E-state index contributed by atoms with van der Waals surface area (Å²) in [5.41, 5.74) is 1.31. The van der Waals surface area contributed by atoms with Gasteiger partial charge >= 0.3 is 0 Å². The molecular formula is C11H15NO. The Hall–Kier alpha value is -1.02. The molecule has 1 saturated heterocycles. The summed E-state index contributed by atoms with van der Waals surface area (Å²) in [6.45, 7) is 3.68. The lowest BCUT2D eigenvalue weighted by molar-refractivity contribution is 0.184. The van der Waals surface area contributed by atoms with E-state index in [1.165, 1.54) is 25.1 Å². The lowest BCUT2D eigenvalue weighted by atomic mass is 10.1. The number of phenolic OH excluding ortho intramolecular Hbond substituents is 1. The van der Waals surface area contributed by atoms with E-state index in [9.17, 15) is 0 Å². The van der Waals surface area contributed by atoms with E-state index in [-0.39, 0.29) is 0 Å².